The van der Waals surface area contributed by atoms with Gasteiger partial charge in [0.25, 0.3) is 5.91 Å². The minimum atomic E-state index is -0.786. The maximum atomic E-state index is 12.3. The van der Waals surface area contributed by atoms with E-state index in [1.165, 1.54) is 6.20 Å². The standard InChI is InChI=1S/C20H21N3O4/c24-18(14-6-8-15(9-7-14)20(26)27)22-16-10-11-17(21-12-16)23-19(25)13-4-2-1-3-5-13/h1-5,10-12,14-15H,6-9H2,(H,22,24)(H,26,27)(H,21,23,25). The molecule has 2 amide bonds. The molecule has 7 heteroatoms. The summed E-state index contributed by atoms with van der Waals surface area (Å²) in [6, 6.07) is 12.1. The maximum absolute atomic E-state index is 12.3. The van der Waals surface area contributed by atoms with Crippen LogP contribution in [0.15, 0.2) is 48.7 Å². The Balaban J connectivity index is 1.52. The number of hydrogen-bond donors (Lipinski definition) is 3. The molecule has 1 fully saturated rings. The third kappa shape index (κ3) is 4.91. The van der Waals surface area contributed by atoms with Gasteiger partial charge in [0.05, 0.1) is 17.8 Å². The third-order valence-electron chi connectivity index (χ3n) is 4.76. The molecular weight excluding hydrogens is 346 g/mol. The molecule has 140 valence electrons. The van der Waals surface area contributed by atoms with Crippen LogP contribution in [-0.4, -0.2) is 27.9 Å². The van der Waals surface area contributed by atoms with E-state index in [-0.39, 0.29) is 23.7 Å². The van der Waals surface area contributed by atoms with E-state index >= 15 is 0 Å². The molecule has 0 saturated heterocycles. The van der Waals surface area contributed by atoms with Crippen LogP contribution in [0.3, 0.4) is 0 Å². The predicted molar refractivity (Wildman–Crippen MR) is 100 cm³/mol. The first-order valence-electron chi connectivity index (χ1n) is 8.89. The van der Waals surface area contributed by atoms with Gasteiger partial charge in [-0.05, 0) is 49.9 Å². The van der Waals surface area contributed by atoms with Crippen molar-refractivity contribution in [1.82, 2.24) is 4.98 Å². The van der Waals surface area contributed by atoms with Gasteiger partial charge in [-0.15, -0.1) is 0 Å². The van der Waals surface area contributed by atoms with Crippen molar-refractivity contribution in [3.63, 3.8) is 0 Å². The number of nitrogens with one attached hydrogen (secondary N) is 2. The Bertz CT molecular complexity index is 813. The van der Waals surface area contributed by atoms with Gasteiger partial charge in [0.1, 0.15) is 5.82 Å². The van der Waals surface area contributed by atoms with E-state index in [1.54, 1.807) is 36.4 Å². The molecule has 27 heavy (non-hydrogen) atoms. The lowest BCUT2D eigenvalue weighted by atomic mass is 9.81. The van der Waals surface area contributed by atoms with Crippen LogP contribution in [0.2, 0.25) is 0 Å². The van der Waals surface area contributed by atoms with Gasteiger partial charge in [-0.25, -0.2) is 4.98 Å². The quantitative estimate of drug-likeness (QED) is 0.752. The Hall–Kier alpha value is -3.22. The first-order valence-corrected chi connectivity index (χ1v) is 8.89. The minimum Gasteiger partial charge on any atom is -0.481 e. The minimum absolute atomic E-state index is 0.123. The summed E-state index contributed by atoms with van der Waals surface area (Å²) in [7, 11) is 0. The number of carboxylic acids is 1. The van der Waals surface area contributed by atoms with Crippen LogP contribution in [0.5, 0.6) is 0 Å². The maximum Gasteiger partial charge on any atom is 0.306 e. The predicted octanol–water partition coefficient (Wildman–Crippen LogP) is 3.16. The first-order chi connectivity index (χ1) is 13.0. The van der Waals surface area contributed by atoms with E-state index in [0.29, 0.717) is 42.8 Å². The average molecular weight is 367 g/mol. The zero-order chi connectivity index (χ0) is 19.2. The second-order valence-electron chi connectivity index (χ2n) is 6.63. The number of nitrogens with zero attached hydrogens (tertiary/aromatic N) is 1. The Kier molecular flexibility index (Phi) is 5.80. The highest BCUT2D eigenvalue weighted by Crippen LogP contribution is 2.29. The van der Waals surface area contributed by atoms with Crippen molar-refractivity contribution >= 4 is 29.3 Å². The number of carbonyl (C=O) groups is 3. The Morgan fingerprint density at radius 2 is 1.56 bits per heavy atom. The van der Waals surface area contributed by atoms with E-state index < -0.39 is 5.97 Å². The van der Waals surface area contributed by atoms with Gasteiger partial charge in [-0.1, -0.05) is 18.2 Å². The van der Waals surface area contributed by atoms with Crippen LogP contribution < -0.4 is 10.6 Å². The number of benzene rings is 1. The topological polar surface area (TPSA) is 108 Å². The molecule has 0 spiro atoms. The van der Waals surface area contributed by atoms with Crippen LogP contribution >= 0.6 is 0 Å². The number of hydrogen-bond acceptors (Lipinski definition) is 4. The molecule has 1 aromatic carbocycles. The molecule has 0 atom stereocenters. The van der Waals surface area contributed by atoms with Crippen LogP contribution in [-0.2, 0) is 9.59 Å². The largest absolute Gasteiger partial charge is 0.481 e. The van der Waals surface area contributed by atoms with Gasteiger partial charge in [0.15, 0.2) is 0 Å². The van der Waals surface area contributed by atoms with Crippen LogP contribution in [0, 0.1) is 11.8 Å². The highest BCUT2D eigenvalue weighted by molar-refractivity contribution is 6.03. The van der Waals surface area contributed by atoms with Crippen molar-refractivity contribution in [3.8, 4) is 0 Å². The van der Waals surface area contributed by atoms with Crippen molar-refractivity contribution in [3.05, 3.63) is 54.2 Å². The van der Waals surface area contributed by atoms with Gasteiger partial charge in [-0.2, -0.15) is 0 Å². The van der Waals surface area contributed by atoms with Crippen LogP contribution in [0.25, 0.3) is 0 Å². The zero-order valence-corrected chi connectivity index (χ0v) is 14.7. The molecule has 0 bridgehead atoms. The molecule has 3 N–H and O–H groups in total. The fraction of sp³-hybridized carbons (Fsp3) is 0.300. The lowest BCUT2D eigenvalue weighted by Crippen LogP contribution is -2.29. The summed E-state index contributed by atoms with van der Waals surface area (Å²) >= 11 is 0. The fourth-order valence-corrected chi connectivity index (χ4v) is 3.17. The van der Waals surface area contributed by atoms with Crippen molar-refractivity contribution in [2.24, 2.45) is 11.8 Å². The summed E-state index contributed by atoms with van der Waals surface area (Å²) in [5.41, 5.74) is 1.08. The number of aromatic nitrogens is 1. The average Bonchev–Trinajstić information content (AvgIpc) is 2.70. The molecule has 3 rings (SSSR count). The molecule has 0 unspecified atom stereocenters. The second-order valence-corrected chi connectivity index (χ2v) is 6.63. The van der Waals surface area contributed by atoms with Gasteiger partial charge in [0.2, 0.25) is 5.91 Å². The molecule has 1 aliphatic carbocycles. The first kappa shape index (κ1) is 18.6. The van der Waals surface area contributed by atoms with Gasteiger partial charge < -0.3 is 15.7 Å². The Morgan fingerprint density at radius 3 is 2.15 bits per heavy atom. The van der Waals surface area contributed by atoms with Gasteiger partial charge in [-0.3, -0.25) is 14.4 Å². The summed E-state index contributed by atoms with van der Waals surface area (Å²) in [5, 5.41) is 14.5. The monoisotopic (exact) mass is 367 g/mol. The normalized spacial score (nSPS) is 19.1. The number of pyridine rings is 1. The molecule has 1 aliphatic rings. The zero-order valence-electron chi connectivity index (χ0n) is 14.7. The number of rotatable bonds is 5. The molecule has 1 aromatic heterocycles. The molecule has 1 heterocycles. The second kappa shape index (κ2) is 8.44. The molecule has 0 radical (unpaired) electrons. The Labute approximate surface area is 156 Å². The highest BCUT2D eigenvalue weighted by Gasteiger charge is 2.29. The number of amides is 2. The molecule has 7 nitrogen and oxygen atoms in total. The molecule has 1 saturated carbocycles. The van der Waals surface area contributed by atoms with Crippen LogP contribution in [0.4, 0.5) is 11.5 Å². The molecule has 0 aliphatic heterocycles. The number of carboxylic acid groups (broad SMARTS) is 1. The third-order valence-corrected chi connectivity index (χ3v) is 4.76. The van der Waals surface area contributed by atoms with Gasteiger partial charge >= 0.3 is 5.97 Å². The fourth-order valence-electron chi connectivity index (χ4n) is 3.17. The van der Waals surface area contributed by atoms with E-state index in [4.69, 9.17) is 5.11 Å². The summed E-state index contributed by atoms with van der Waals surface area (Å²) in [6.07, 6.45) is 3.68. The smallest absolute Gasteiger partial charge is 0.306 e. The summed E-state index contributed by atoms with van der Waals surface area (Å²) in [5.74, 6) is -1.30. The van der Waals surface area contributed by atoms with E-state index in [2.05, 4.69) is 15.6 Å². The van der Waals surface area contributed by atoms with Crippen molar-refractivity contribution in [2.45, 2.75) is 25.7 Å². The number of anilines is 2. The van der Waals surface area contributed by atoms with Crippen molar-refractivity contribution in [1.29, 1.82) is 0 Å². The lowest BCUT2D eigenvalue weighted by molar-refractivity contribution is -0.143. The highest BCUT2D eigenvalue weighted by atomic mass is 16.4. The number of carbonyl (C=O) groups excluding carboxylic acids is 2. The SMILES string of the molecule is O=C(Nc1ccc(NC(=O)C2CCC(C(=O)O)CC2)cn1)c1ccccc1. The molecule has 2 aromatic rings. The van der Waals surface area contributed by atoms with Crippen LogP contribution in [0.1, 0.15) is 36.0 Å². The number of aliphatic carboxylic acids is 1. The lowest BCUT2D eigenvalue weighted by Gasteiger charge is -2.25. The van der Waals surface area contributed by atoms with E-state index in [9.17, 15) is 14.4 Å². The van der Waals surface area contributed by atoms with Crippen molar-refractivity contribution in [2.75, 3.05) is 10.6 Å². The Morgan fingerprint density at radius 1 is 0.889 bits per heavy atom. The summed E-state index contributed by atoms with van der Waals surface area (Å²) < 4.78 is 0. The molecular formula is C20H21N3O4. The van der Waals surface area contributed by atoms with Gasteiger partial charge in [0, 0.05) is 11.5 Å². The van der Waals surface area contributed by atoms with E-state index in [1.807, 2.05) is 6.07 Å². The van der Waals surface area contributed by atoms with E-state index in [0.717, 1.165) is 0 Å². The summed E-state index contributed by atoms with van der Waals surface area (Å²) in [6.45, 7) is 0. The van der Waals surface area contributed by atoms with Crippen molar-refractivity contribution < 1.29 is 19.5 Å². The summed E-state index contributed by atoms with van der Waals surface area (Å²) in [4.78, 5) is 39.6.